The van der Waals surface area contributed by atoms with E-state index in [9.17, 15) is 0 Å². The Morgan fingerprint density at radius 2 is 1.88 bits per heavy atom. The highest BCUT2D eigenvalue weighted by molar-refractivity contribution is 9.11. The maximum atomic E-state index is 3.79. The molecule has 0 aliphatic rings. The lowest BCUT2D eigenvalue weighted by molar-refractivity contribution is 1.18. The molecule has 0 bridgehead atoms. The van der Waals surface area contributed by atoms with Crippen molar-refractivity contribution in [2.45, 2.75) is 18.7 Å². The predicted molar refractivity (Wildman–Crippen MR) is 78.7 cm³/mol. The number of thiophene rings is 1. The molecule has 0 nitrogen and oxygen atoms in total. The normalized spacial score (nSPS) is 12.8. The molecule has 0 amide bonds. The number of hydrogen-bond donors (Lipinski definition) is 0. The lowest BCUT2D eigenvalue weighted by Crippen LogP contribution is -1.92. The Kier molecular flexibility index (Phi) is 3.88. The van der Waals surface area contributed by atoms with Crippen molar-refractivity contribution in [2.75, 3.05) is 0 Å². The molecule has 0 aliphatic heterocycles. The summed E-state index contributed by atoms with van der Waals surface area (Å²) in [4.78, 5) is 3.04. The molecule has 2 rings (SSSR count). The van der Waals surface area contributed by atoms with Gasteiger partial charge in [-0.05, 0) is 37.1 Å². The molecule has 84 valence electrons. The van der Waals surface area contributed by atoms with E-state index >= 15 is 0 Å². The van der Waals surface area contributed by atoms with Gasteiger partial charge in [0, 0.05) is 14.2 Å². The lowest BCUT2D eigenvalue weighted by atomic mass is 10.1. The van der Waals surface area contributed by atoms with Crippen LogP contribution in [0.1, 0.15) is 25.7 Å². The maximum Gasteiger partial charge on any atom is 0.0751 e. The van der Waals surface area contributed by atoms with Crippen LogP contribution < -0.4 is 0 Å². The van der Waals surface area contributed by atoms with Gasteiger partial charge in [-0.2, -0.15) is 0 Å². The van der Waals surface area contributed by atoms with Crippen LogP contribution in [-0.2, 0) is 0 Å². The SMILES string of the molecule is Cc1cc(C)c(C(Br)c2ccccc2Br)s1. The van der Waals surface area contributed by atoms with Crippen molar-refractivity contribution in [1.29, 1.82) is 0 Å². The van der Waals surface area contributed by atoms with Crippen LogP contribution in [0.15, 0.2) is 34.8 Å². The smallest absolute Gasteiger partial charge is 0.0751 e. The fraction of sp³-hybridized carbons (Fsp3) is 0.231. The highest BCUT2D eigenvalue weighted by atomic mass is 79.9. The van der Waals surface area contributed by atoms with Crippen LogP contribution >= 0.6 is 43.2 Å². The van der Waals surface area contributed by atoms with E-state index < -0.39 is 0 Å². The standard InChI is InChI=1S/C13H12Br2S/c1-8-7-9(2)16-13(8)12(15)10-5-3-4-6-11(10)14/h3-7,12H,1-2H3. The van der Waals surface area contributed by atoms with Gasteiger partial charge in [-0.25, -0.2) is 0 Å². The molecular weight excluding hydrogens is 348 g/mol. The monoisotopic (exact) mass is 358 g/mol. The van der Waals surface area contributed by atoms with E-state index in [0.717, 1.165) is 4.47 Å². The van der Waals surface area contributed by atoms with Crippen molar-refractivity contribution < 1.29 is 0 Å². The minimum absolute atomic E-state index is 0.279. The molecule has 3 heteroatoms. The molecular formula is C13H12Br2S. The third kappa shape index (κ3) is 2.41. The molecule has 1 atom stereocenters. The van der Waals surface area contributed by atoms with Gasteiger partial charge in [0.25, 0.3) is 0 Å². The summed E-state index contributed by atoms with van der Waals surface area (Å²) in [5, 5.41) is 0. The third-order valence-electron chi connectivity index (χ3n) is 2.49. The fourth-order valence-corrected chi connectivity index (χ4v) is 4.63. The second kappa shape index (κ2) is 5.03. The second-order valence-corrected chi connectivity index (χ2v) is 6.85. The Morgan fingerprint density at radius 3 is 2.44 bits per heavy atom. The number of benzene rings is 1. The fourth-order valence-electron chi connectivity index (χ4n) is 1.73. The number of aryl methyl sites for hydroxylation is 2. The van der Waals surface area contributed by atoms with E-state index in [4.69, 9.17) is 0 Å². The molecule has 1 unspecified atom stereocenters. The van der Waals surface area contributed by atoms with Gasteiger partial charge < -0.3 is 0 Å². The third-order valence-corrected chi connectivity index (χ3v) is 5.68. The van der Waals surface area contributed by atoms with Gasteiger partial charge in [-0.15, -0.1) is 11.3 Å². The summed E-state index contributed by atoms with van der Waals surface area (Å²) in [6.45, 7) is 4.32. The number of alkyl halides is 1. The molecule has 0 saturated heterocycles. The molecule has 0 aliphatic carbocycles. The second-order valence-electron chi connectivity index (χ2n) is 3.79. The van der Waals surface area contributed by atoms with Gasteiger partial charge in [0.1, 0.15) is 0 Å². The highest BCUT2D eigenvalue weighted by Crippen LogP contribution is 2.40. The molecule has 1 aromatic carbocycles. The summed E-state index contributed by atoms with van der Waals surface area (Å²) in [5.41, 5.74) is 2.65. The summed E-state index contributed by atoms with van der Waals surface area (Å²) >= 11 is 9.25. The largest absolute Gasteiger partial charge is 0.144 e. The van der Waals surface area contributed by atoms with Crippen LogP contribution in [0.4, 0.5) is 0 Å². The average molecular weight is 360 g/mol. The minimum atomic E-state index is 0.279. The Balaban J connectivity index is 2.43. The Hall–Kier alpha value is -0.120. The van der Waals surface area contributed by atoms with Crippen LogP contribution in [-0.4, -0.2) is 0 Å². The molecule has 1 heterocycles. The Labute approximate surface area is 117 Å². The van der Waals surface area contributed by atoms with Crippen molar-refractivity contribution in [3.05, 3.63) is 55.7 Å². The van der Waals surface area contributed by atoms with E-state index in [-0.39, 0.29) is 4.83 Å². The zero-order chi connectivity index (χ0) is 11.7. The molecule has 0 saturated carbocycles. The summed E-state index contributed by atoms with van der Waals surface area (Å²) in [6, 6.07) is 10.6. The van der Waals surface area contributed by atoms with Gasteiger partial charge in [-0.3, -0.25) is 0 Å². The molecule has 0 N–H and O–H groups in total. The summed E-state index contributed by atoms with van der Waals surface area (Å²) in [7, 11) is 0. The van der Waals surface area contributed by atoms with Crippen LogP contribution in [0.2, 0.25) is 0 Å². The van der Waals surface area contributed by atoms with E-state index in [1.807, 2.05) is 17.4 Å². The number of halogens is 2. The average Bonchev–Trinajstić information content (AvgIpc) is 2.58. The van der Waals surface area contributed by atoms with Crippen molar-refractivity contribution >= 4 is 43.2 Å². The first-order valence-electron chi connectivity index (χ1n) is 5.05. The Morgan fingerprint density at radius 1 is 1.19 bits per heavy atom. The van der Waals surface area contributed by atoms with Gasteiger partial charge in [0.15, 0.2) is 0 Å². The van der Waals surface area contributed by atoms with E-state index in [0.29, 0.717) is 0 Å². The first kappa shape index (κ1) is 12.3. The predicted octanol–water partition coefficient (Wildman–Crippen LogP) is 5.61. The highest BCUT2D eigenvalue weighted by Gasteiger charge is 2.17. The first-order valence-corrected chi connectivity index (χ1v) is 7.57. The molecule has 16 heavy (non-hydrogen) atoms. The summed E-state index contributed by atoms with van der Waals surface area (Å²) < 4.78 is 1.15. The van der Waals surface area contributed by atoms with E-state index in [1.165, 1.54) is 20.9 Å². The van der Waals surface area contributed by atoms with Crippen LogP contribution in [0.3, 0.4) is 0 Å². The van der Waals surface area contributed by atoms with E-state index in [1.54, 1.807) is 0 Å². The van der Waals surface area contributed by atoms with Gasteiger partial charge in [-0.1, -0.05) is 50.1 Å². The Bertz CT molecular complexity index is 502. The summed E-state index contributed by atoms with van der Waals surface area (Å²) in [5.74, 6) is 0. The first-order chi connectivity index (χ1) is 7.59. The number of hydrogen-bond acceptors (Lipinski definition) is 1. The summed E-state index contributed by atoms with van der Waals surface area (Å²) in [6.07, 6.45) is 0. The molecule has 0 spiro atoms. The van der Waals surface area contributed by atoms with Crippen LogP contribution in [0.5, 0.6) is 0 Å². The van der Waals surface area contributed by atoms with Crippen LogP contribution in [0, 0.1) is 13.8 Å². The zero-order valence-corrected chi connectivity index (χ0v) is 13.1. The molecule has 1 aromatic heterocycles. The van der Waals surface area contributed by atoms with Gasteiger partial charge >= 0.3 is 0 Å². The lowest BCUT2D eigenvalue weighted by Gasteiger charge is -2.11. The van der Waals surface area contributed by atoms with Crippen LogP contribution in [0.25, 0.3) is 0 Å². The molecule has 0 fully saturated rings. The zero-order valence-electron chi connectivity index (χ0n) is 9.13. The number of rotatable bonds is 2. The van der Waals surface area contributed by atoms with Gasteiger partial charge in [0.05, 0.1) is 4.83 Å². The molecule has 2 aromatic rings. The maximum absolute atomic E-state index is 3.79. The quantitative estimate of drug-likeness (QED) is 0.611. The van der Waals surface area contributed by atoms with Crippen molar-refractivity contribution in [1.82, 2.24) is 0 Å². The molecule has 0 radical (unpaired) electrons. The minimum Gasteiger partial charge on any atom is -0.144 e. The topological polar surface area (TPSA) is 0 Å². The van der Waals surface area contributed by atoms with Gasteiger partial charge in [0.2, 0.25) is 0 Å². The van der Waals surface area contributed by atoms with Crippen molar-refractivity contribution in [2.24, 2.45) is 0 Å². The van der Waals surface area contributed by atoms with Crippen molar-refractivity contribution in [3.8, 4) is 0 Å². The van der Waals surface area contributed by atoms with Crippen molar-refractivity contribution in [3.63, 3.8) is 0 Å². The van der Waals surface area contributed by atoms with E-state index in [2.05, 4.69) is 70.0 Å².